The van der Waals surface area contributed by atoms with Crippen molar-refractivity contribution in [3.05, 3.63) is 27.1 Å². The van der Waals surface area contributed by atoms with Crippen LogP contribution in [0.3, 0.4) is 0 Å². The highest BCUT2D eigenvalue weighted by molar-refractivity contribution is 9.10. The Morgan fingerprint density at radius 2 is 2.16 bits per heavy atom. The molecule has 1 saturated heterocycles. The number of thioether (sulfide) groups is 1. The standard InChI is InChI=1S/C16H12BrNO6S/c1-3-4-18-15(21)13(25-16(18)22)6-9-5-11(23-2)12(7-10(9)17)24-8-14(19)20/h1,5-7H,4,8H2,2H3,(H,19,20). The number of carboxylic acid groups (broad SMARTS) is 1. The Morgan fingerprint density at radius 3 is 2.76 bits per heavy atom. The summed E-state index contributed by atoms with van der Waals surface area (Å²) in [7, 11) is 1.40. The first-order valence-corrected chi connectivity index (χ1v) is 8.39. The summed E-state index contributed by atoms with van der Waals surface area (Å²) in [6, 6.07) is 3.09. The van der Waals surface area contributed by atoms with Gasteiger partial charge in [-0.3, -0.25) is 14.5 Å². The summed E-state index contributed by atoms with van der Waals surface area (Å²) in [5, 5.41) is 8.26. The number of aliphatic carboxylic acids is 1. The first kappa shape index (κ1) is 18.9. The molecule has 0 radical (unpaired) electrons. The van der Waals surface area contributed by atoms with Gasteiger partial charge in [-0.25, -0.2) is 4.79 Å². The zero-order valence-corrected chi connectivity index (χ0v) is 15.3. The maximum Gasteiger partial charge on any atom is 0.341 e. The second kappa shape index (κ2) is 8.09. The minimum atomic E-state index is -1.12. The number of hydrogen-bond donors (Lipinski definition) is 1. The van der Waals surface area contributed by atoms with Gasteiger partial charge in [0.1, 0.15) is 0 Å². The fraction of sp³-hybridized carbons (Fsp3) is 0.188. The Kier molecular flexibility index (Phi) is 6.12. The van der Waals surface area contributed by atoms with Gasteiger partial charge in [-0.1, -0.05) is 21.9 Å². The van der Waals surface area contributed by atoms with Crippen molar-refractivity contribution in [3.63, 3.8) is 0 Å². The maximum atomic E-state index is 12.2. The van der Waals surface area contributed by atoms with Gasteiger partial charge in [0.15, 0.2) is 18.1 Å². The smallest absolute Gasteiger partial charge is 0.341 e. The van der Waals surface area contributed by atoms with Gasteiger partial charge >= 0.3 is 5.97 Å². The molecule has 1 aliphatic rings. The molecule has 9 heteroatoms. The number of carbonyl (C=O) groups excluding carboxylic acids is 2. The lowest BCUT2D eigenvalue weighted by atomic mass is 10.2. The SMILES string of the molecule is C#CCN1C(=O)SC(=Cc2cc(OC)c(OCC(=O)O)cc2Br)C1=O. The van der Waals surface area contributed by atoms with Crippen molar-refractivity contribution in [1.82, 2.24) is 4.90 Å². The summed E-state index contributed by atoms with van der Waals surface area (Å²) < 4.78 is 10.9. The van der Waals surface area contributed by atoms with Crippen LogP contribution >= 0.6 is 27.7 Å². The lowest BCUT2D eigenvalue weighted by Crippen LogP contribution is -2.28. The quantitative estimate of drug-likeness (QED) is 0.552. The van der Waals surface area contributed by atoms with E-state index in [-0.39, 0.29) is 17.2 Å². The molecule has 0 atom stereocenters. The lowest BCUT2D eigenvalue weighted by molar-refractivity contribution is -0.139. The van der Waals surface area contributed by atoms with Crippen molar-refractivity contribution in [2.24, 2.45) is 0 Å². The second-order valence-electron chi connectivity index (χ2n) is 4.68. The molecule has 25 heavy (non-hydrogen) atoms. The third kappa shape index (κ3) is 4.35. The van der Waals surface area contributed by atoms with E-state index in [4.69, 9.17) is 21.0 Å². The molecule has 0 aromatic heterocycles. The van der Waals surface area contributed by atoms with Gasteiger partial charge in [-0.05, 0) is 35.5 Å². The van der Waals surface area contributed by atoms with E-state index < -0.39 is 23.7 Å². The number of carbonyl (C=O) groups is 3. The van der Waals surface area contributed by atoms with E-state index in [0.717, 1.165) is 16.7 Å². The van der Waals surface area contributed by atoms with E-state index >= 15 is 0 Å². The van der Waals surface area contributed by atoms with E-state index in [1.54, 1.807) is 6.07 Å². The molecule has 0 aliphatic carbocycles. The minimum Gasteiger partial charge on any atom is -0.493 e. The Hall–Kier alpha value is -2.44. The number of carboxylic acids is 1. The molecular formula is C16H12BrNO6S. The number of hydrogen-bond acceptors (Lipinski definition) is 6. The minimum absolute atomic E-state index is 0.0888. The van der Waals surface area contributed by atoms with E-state index in [1.807, 2.05) is 0 Å². The van der Waals surface area contributed by atoms with Crippen molar-refractivity contribution < 1.29 is 29.0 Å². The number of amides is 2. The molecule has 1 aliphatic heterocycles. The molecule has 2 rings (SSSR count). The molecule has 1 fully saturated rings. The van der Waals surface area contributed by atoms with Gasteiger partial charge in [0.25, 0.3) is 11.1 Å². The number of terminal acetylenes is 1. The van der Waals surface area contributed by atoms with E-state index in [1.165, 1.54) is 19.3 Å². The second-order valence-corrected chi connectivity index (χ2v) is 6.53. The van der Waals surface area contributed by atoms with Crippen LogP contribution in [0.2, 0.25) is 0 Å². The van der Waals surface area contributed by atoms with Crippen molar-refractivity contribution in [2.45, 2.75) is 0 Å². The fourth-order valence-electron chi connectivity index (χ4n) is 1.94. The third-order valence-corrected chi connectivity index (χ3v) is 4.64. The van der Waals surface area contributed by atoms with Gasteiger partial charge in [-0.2, -0.15) is 0 Å². The average molecular weight is 426 g/mol. The van der Waals surface area contributed by atoms with Gasteiger partial charge in [0.05, 0.1) is 18.6 Å². The lowest BCUT2D eigenvalue weighted by Gasteiger charge is -2.11. The number of ether oxygens (including phenoxy) is 2. The van der Waals surface area contributed by atoms with Crippen molar-refractivity contribution in [3.8, 4) is 23.8 Å². The number of imide groups is 1. The molecule has 2 amide bonds. The third-order valence-electron chi connectivity index (χ3n) is 3.04. The Labute approximate surface area is 156 Å². The van der Waals surface area contributed by atoms with Crippen molar-refractivity contribution >= 4 is 50.9 Å². The summed E-state index contributed by atoms with van der Waals surface area (Å²) in [5.74, 6) is 1.20. The number of methoxy groups -OCH3 is 1. The van der Waals surface area contributed by atoms with Gasteiger partial charge < -0.3 is 14.6 Å². The van der Waals surface area contributed by atoms with E-state index in [2.05, 4.69) is 21.9 Å². The van der Waals surface area contributed by atoms with Crippen LogP contribution in [0.4, 0.5) is 4.79 Å². The number of benzene rings is 1. The maximum absolute atomic E-state index is 12.2. The summed E-state index contributed by atoms with van der Waals surface area (Å²) in [5.41, 5.74) is 0.561. The predicted molar refractivity (Wildman–Crippen MR) is 95.3 cm³/mol. The molecule has 7 nitrogen and oxygen atoms in total. The molecular weight excluding hydrogens is 414 g/mol. The van der Waals surface area contributed by atoms with Crippen LogP contribution in [0.25, 0.3) is 6.08 Å². The van der Waals surface area contributed by atoms with E-state index in [0.29, 0.717) is 15.8 Å². The molecule has 1 aromatic carbocycles. The highest BCUT2D eigenvalue weighted by Crippen LogP contribution is 2.37. The first-order chi connectivity index (χ1) is 11.9. The number of rotatable bonds is 6. The van der Waals surface area contributed by atoms with Crippen LogP contribution in [0.5, 0.6) is 11.5 Å². The van der Waals surface area contributed by atoms with Gasteiger partial charge in [-0.15, -0.1) is 6.42 Å². The molecule has 130 valence electrons. The molecule has 0 unspecified atom stereocenters. The highest BCUT2D eigenvalue weighted by atomic mass is 79.9. The predicted octanol–water partition coefficient (Wildman–Crippen LogP) is 2.59. The molecule has 0 saturated carbocycles. The zero-order chi connectivity index (χ0) is 18.6. The van der Waals surface area contributed by atoms with Crippen LogP contribution in [-0.4, -0.2) is 47.4 Å². The topological polar surface area (TPSA) is 93.1 Å². The summed E-state index contributed by atoms with van der Waals surface area (Å²) >= 11 is 4.12. The van der Waals surface area contributed by atoms with Gasteiger partial charge in [0.2, 0.25) is 0 Å². The molecule has 0 spiro atoms. The summed E-state index contributed by atoms with van der Waals surface area (Å²) in [4.78, 5) is 35.8. The highest BCUT2D eigenvalue weighted by Gasteiger charge is 2.34. The largest absolute Gasteiger partial charge is 0.493 e. The van der Waals surface area contributed by atoms with Crippen LogP contribution in [0, 0.1) is 12.3 Å². The number of halogens is 1. The monoisotopic (exact) mass is 425 g/mol. The Balaban J connectivity index is 2.34. The van der Waals surface area contributed by atoms with Crippen molar-refractivity contribution in [1.29, 1.82) is 0 Å². The van der Waals surface area contributed by atoms with Crippen molar-refractivity contribution in [2.75, 3.05) is 20.3 Å². The summed E-state index contributed by atoms with van der Waals surface area (Å²) in [6.07, 6.45) is 6.68. The van der Waals surface area contributed by atoms with Crippen LogP contribution in [0.15, 0.2) is 21.5 Å². The molecule has 1 N–H and O–H groups in total. The number of nitrogens with zero attached hydrogens (tertiary/aromatic N) is 1. The zero-order valence-electron chi connectivity index (χ0n) is 12.9. The van der Waals surface area contributed by atoms with Crippen LogP contribution in [0.1, 0.15) is 5.56 Å². The Morgan fingerprint density at radius 1 is 1.44 bits per heavy atom. The normalized spacial score (nSPS) is 15.4. The summed E-state index contributed by atoms with van der Waals surface area (Å²) in [6.45, 7) is -0.610. The fourth-order valence-corrected chi connectivity index (χ4v) is 3.21. The average Bonchev–Trinajstić information content (AvgIpc) is 2.82. The molecule has 1 heterocycles. The molecule has 0 bridgehead atoms. The van der Waals surface area contributed by atoms with Crippen LogP contribution < -0.4 is 9.47 Å². The Bertz CT molecular complexity index is 814. The first-order valence-electron chi connectivity index (χ1n) is 6.78. The molecule has 1 aromatic rings. The van der Waals surface area contributed by atoms with Crippen LogP contribution in [-0.2, 0) is 9.59 Å². The van der Waals surface area contributed by atoms with E-state index in [9.17, 15) is 14.4 Å². The van der Waals surface area contributed by atoms with Gasteiger partial charge in [0, 0.05) is 4.47 Å².